The third kappa shape index (κ3) is 3.66. The zero-order valence-electron chi connectivity index (χ0n) is 11.1. The largest absolute Gasteiger partial charge is 0.497 e. The molecular formula is C13H12N4O4. The third-order valence-electron chi connectivity index (χ3n) is 2.59. The van der Waals surface area contributed by atoms with E-state index in [9.17, 15) is 14.9 Å². The van der Waals surface area contributed by atoms with Crippen molar-refractivity contribution in [3.05, 3.63) is 58.3 Å². The summed E-state index contributed by atoms with van der Waals surface area (Å²) in [6, 6.07) is 9.31. The summed E-state index contributed by atoms with van der Waals surface area (Å²) in [5.74, 6) is 0.474. The lowest BCUT2D eigenvalue weighted by Gasteiger charge is -2.08. The first-order valence-corrected chi connectivity index (χ1v) is 5.91. The van der Waals surface area contributed by atoms with Gasteiger partial charge in [0.25, 0.3) is 11.6 Å². The second-order valence-electron chi connectivity index (χ2n) is 3.97. The minimum Gasteiger partial charge on any atom is -0.497 e. The Morgan fingerprint density at radius 1 is 1.33 bits per heavy atom. The minimum atomic E-state index is -0.550. The van der Waals surface area contributed by atoms with E-state index < -0.39 is 4.92 Å². The third-order valence-corrected chi connectivity index (χ3v) is 2.59. The Morgan fingerprint density at radius 2 is 2.14 bits per heavy atom. The molecule has 108 valence electrons. The molecule has 2 N–H and O–H groups in total. The number of nitrogens with one attached hydrogen (secondary N) is 2. The maximum atomic E-state index is 11.9. The number of carbonyl (C=O) groups is 1. The van der Waals surface area contributed by atoms with Crippen LogP contribution in [0.15, 0.2) is 42.6 Å². The van der Waals surface area contributed by atoms with Crippen LogP contribution >= 0.6 is 0 Å². The van der Waals surface area contributed by atoms with Crippen molar-refractivity contribution >= 4 is 17.4 Å². The predicted molar refractivity (Wildman–Crippen MR) is 75.0 cm³/mol. The van der Waals surface area contributed by atoms with Crippen LogP contribution in [-0.2, 0) is 0 Å². The Kier molecular flexibility index (Phi) is 4.30. The van der Waals surface area contributed by atoms with E-state index in [0.717, 1.165) is 6.20 Å². The molecule has 0 atom stereocenters. The Labute approximate surface area is 119 Å². The smallest absolute Gasteiger partial charge is 0.287 e. The van der Waals surface area contributed by atoms with Gasteiger partial charge in [0, 0.05) is 11.6 Å². The molecule has 0 aliphatic rings. The standard InChI is InChI=1S/C13H12N4O4/c1-21-11-4-2-3-9(7-11)13(18)16-15-12-6-5-10(8-14-12)17(19)20/h2-8H,1H3,(H,14,15)(H,16,18). The first-order valence-electron chi connectivity index (χ1n) is 5.91. The second-order valence-corrected chi connectivity index (χ2v) is 3.97. The van der Waals surface area contributed by atoms with Gasteiger partial charge in [-0.15, -0.1) is 0 Å². The molecular weight excluding hydrogens is 276 g/mol. The normalized spacial score (nSPS) is 9.76. The van der Waals surface area contributed by atoms with Gasteiger partial charge in [-0.05, 0) is 24.3 Å². The number of nitrogens with zero attached hydrogens (tertiary/aromatic N) is 2. The molecule has 1 amide bonds. The van der Waals surface area contributed by atoms with Crippen molar-refractivity contribution in [2.75, 3.05) is 12.5 Å². The number of hydrogen-bond acceptors (Lipinski definition) is 6. The van der Waals surface area contributed by atoms with E-state index in [1.165, 1.54) is 19.2 Å². The number of anilines is 1. The van der Waals surface area contributed by atoms with Crippen LogP contribution in [0.4, 0.5) is 11.5 Å². The average molecular weight is 288 g/mol. The van der Waals surface area contributed by atoms with Gasteiger partial charge < -0.3 is 4.74 Å². The Bertz CT molecular complexity index is 657. The van der Waals surface area contributed by atoms with Crippen LogP contribution in [0.25, 0.3) is 0 Å². The highest BCUT2D eigenvalue weighted by atomic mass is 16.6. The minimum absolute atomic E-state index is 0.125. The lowest BCUT2D eigenvalue weighted by atomic mass is 10.2. The summed E-state index contributed by atoms with van der Waals surface area (Å²) in [6.45, 7) is 0. The fourth-order valence-electron chi connectivity index (χ4n) is 1.53. The van der Waals surface area contributed by atoms with Gasteiger partial charge in [0.1, 0.15) is 17.8 Å². The van der Waals surface area contributed by atoms with Crippen molar-refractivity contribution in [2.45, 2.75) is 0 Å². The van der Waals surface area contributed by atoms with Crippen LogP contribution in [-0.4, -0.2) is 22.9 Å². The molecule has 0 radical (unpaired) electrons. The van der Waals surface area contributed by atoms with E-state index in [4.69, 9.17) is 4.74 Å². The summed E-state index contributed by atoms with van der Waals surface area (Å²) in [5.41, 5.74) is 5.29. The fourth-order valence-corrected chi connectivity index (χ4v) is 1.53. The maximum Gasteiger partial charge on any atom is 0.287 e. The molecule has 0 saturated heterocycles. The molecule has 1 heterocycles. The van der Waals surface area contributed by atoms with E-state index in [1.54, 1.807) is 24.3 Å². The molecule has 0 aliphatic carbocycles. The van der Waals surface area contributed by atoms with Crippen LogP contribution in [0.2, 0.25) is 0 Å². The summed E-state index contributed by atoms with van der Waals surface area (Å²) in [6.07, 6.45) is 1.10. The molecule has 0 spiro atoms. The molecule has 0 bridgehead atoms. The number of hydrazine groups is 1. The number of aromatic nitrogens is 1. The van der Waals surface area contributed by atoms with Crippen LogP contribution in [0.5, 0.6) is 5.75 Å². The van der Waals surface area contributed by atoms with Crippen molar-refractivity contribution in [3.8, 4) is 5.75 Å². The van der Waals surface area contributed by atoms with Crippen molar-refractivity contribution in [2.24, 2.45) is 0 Å². The lowest BCUT2D eigenvalue weighted by molar-refractivity contribution is -0.385. The van der Waals surface area contributed by atoms with E-state index >= 15 is 0 Å². The molecule has 0 saturated carbocycles. The number of rotatable bonds is 5. The van der Waals surface area contributed by atoms with E-state index in [0.29, 0.717) is 11.3 Å². The van der Waals surface area contributed by atoms with E-state index in [1.807, 2.05) is 0 Å². The molecule has 0 fully saturated rings. The molecule has 21 heavy (non-hydrogen) atoms. The quantitative estimate of drug-likeness (QED) is 0.641. The lowest BCUT2D eigenvalue weighted by Crippen LogP contribution is -2.29. The summed E-state index contributed by atoms with van der Waals surface area (Å²) in [7, 11) is 1.51. The summed E-state index contributed by atoms with van der Waals surface area (Å²) in [4.78, 5) is 25.6. The van der Waals surface area contributed by atoms with Gasteiger partial charge in [-0.3, -0.25) is 25.8 Å². The van der Waals surface area contributed by atoms with Crippen LogP contribution in [0.3, 0.4) is 0 Å². The van der Waals surface area contributed by atoms with Gasteiger partial charge in [-0.2, -0.15) is 0 Å². The first kappa shape index (κ1) is 14.3. The number of ether oxygens (including phenoxy) is 1. The van der Waals surface area contributed by atoms with Gasteiger partial charge in [-0.1, -0.05) is 6.07 Å². The van der Waals surface area contributed by atoms with Crippen molar-refractivity contribution in [1.82, 2.24) is 10.4 Å². The van der Waals surface area contributed by atoms with E-state index in [2.05, 4.69) is 15.8 Å². The van der Waals surface area contributed by atoms with Crippen molar-refractivity contribution in [3.63, 3.8) is 0 Å². The average Bonchev–Trinajstić information content (AvgIpc) is 2.53. The van der Waals surface area contributed by atoms with E-state index in [-0.39, 0.29) is 17.4 Å². The molecule has 0 unspecified atom stereocenters. The fraction of sp³-hybridized carbons (Fsp3) is 0.0769. The van der Waals surface area contributed by atoms with Crippen molar-refractivity contribution < 1.29 is 14.5 Å². The van der Waals surface area contributed by atoms with Gasteiger partial charge in [0.2, 0.25) is 0 Å². The summed E-state index contributed by atoms with van der Waals surface area (Å²) < 4.78 is 5.03. The highest BCUT2D eigenvalue weighted by Crippen LogP contribution is 2.13. The molecule has 0 aliphatic heterocycles. The van der Waals surface area contributed by atoms with Gasteiger partial charge in [-0.25, -0.2) is 4.98 Å². The summed E-state index contributed by atoms with van der Waals surface area (Å²) in [5, 5.41) is 10.5. The summed E-state index contributed by atoms with van der Waals surface area (Å²) >= 11 is 0. The van der Waals surface area contributed by atoms with Gasteiger partial charge in [0.15, 0.2) is 0 Å². The number of pyridine rings is 1. The predicted octanol–water partition coefficient (Wildman–Crippen LogP) is 1.76. The second kappa shape index (κ2) is 6.33. The Hall–Kier alpha value is -3.16. The van der Waals surface area contributed by atoms with Gasteiger partial charge in [0.05, 0.1) is 12.0 Å². The molecule has 1 aromatic heterocycles. The molecule has 2 aromatic rings. The monoisotopic (exact) mass is 288 g/mol. The zero-order valence-corrected chi connectivity index (χ0v) is 11.1. The molecule has 1 aromatic carbocycles. The number of carbonyl (C=O) groups excluding carboxylic acids is 1. The maximum absolute atomic E-state index is 11.9. The zero-order chi connectivity index (χ0) is 15.2. The van der Waals surface area contributed by atoms with Crippen LogP contribution < -0.4 is 15.6 Å². The van der Waals surface area contributed by atoms with Crippen LogP contribution in [0, 0.1) is 10.1 Å². The van der Waals surface area contributed by atoms with Crippen LogP contribution in [0.1, 0.15) is 10.4 Å². The number of nitro groups is 1. The highest BCUT2D eigenvalue weighted by Gasteiger charge is 2.08. The SMILES string of the molecule is COc1cccc(C(=O)NNc2ccc([N+](=O)[O-])cn2)c1. The number of methoxy groups -OCH3 is 1. The number of benzene rings is 1. The highest BCUT2D eigenvalue weighted by molar-refractivity contribution is 5.95. The number of amides is 1. The molecule has 8 heteroatoms. The van der Waals surface area contributed by atoms with Crippen molar-refractivity contribution in [1.29, 1.82) is 0 Å². The topological polar surface area (TPSA) is 106 Å². The molecule has 2 rings (SSSR count). The molecule has 8 nitrogen and oxygen atoms in total. The first-order chi connectivity index (χ1) is 10.1. The number of hydrogen-bond donors (Lipinski definition) is 2. The van der Waals surface area contributed by atoms with Gasteiger partial charge >= 0.3 is 0 Å². The Morgan fingerprint density at radius 3 is 2.76 bits per heavy atom. The Balaban J connectivity index is 1.98.